The van der Waals surface area contributed by atoms with Crippen LogP contribution in [-0.2, 0) is 51.4 Å². The van der Waals surface area contributed by atoms with Gasteiger partial charge < -0.3 is 9.71 Å². The molecule has 1 fully saturated rings. The first kappa shape index (κ1) is 39.6. The van der Waals surface area contributed by atoms with E-state index in [0.717, 1.165) is 83.8 Å². The molecule has 56 heavy (non-hydrogen) atoms. The van der Waals surface area contributed by atoms with E-state index in [1.54, 1.807) is 0 Å². The molecule has 4 nitrogen and oxygen atoms in total. The van der Waals surface area contributed by atoms with Crippen LogP contribution < -0.4 is 14.6 Å². The molecule has 0 bridgehead atoms. The van der Waals surface area contributed by atoms with Crippen LogP contribution in [0.25, 0.3) is 0 Å². The Morgan fingerprint density at radius 2 is 0.964 bits per heavy atom. The van der Waals surface area contributed by atoms with Gasteiger partial charge in [0.1, 0.15) is 24.5 Å². The summed E-state index contributed by atoms with van der Waals surface area (Å²) in [7, 11) is 0. The lowest BCUT2D eigenvalue weighted by Crippen LogP contribution is -2.64. The molecule has 3 aliphatic rings. The number of amidine groups is 1. The van der Waals surface area contributed by atoms with Gasteiger partial charge in [0.15, 0.2) is 6.28 Å². The molecule has 7 rings (SSSR count). The van der Waals surface area contributed by atoms with Crippen LogP contribution in [0.2, 0.25) is 6.22 Å². The average Bonchev–Trinajstić information content (AvgIpc) is 3.87. The summed E-state index contributed by atoms with van der Waals surface area (Å²) in [5.74, 6) is 6.35. The number of anilines is 3. The van der Waals surface area contributed by atoms with E-state index in [1.807, 2.05) is 0 Å². The number of benzene rings is 4. The topological polar surface area (TPSA) is 12.7 Å². The van der Waals surface area contributed by atoms with Gasteiger partial charge in [0.2, 0.25) is 5.73 Å². The fourth-order valence-electron chi connectivity index (χ4n) is 10.8. The van der Waals surface area contributed by atoms with Gasteiger partial charge in [0, 0.05) is 17.9 Å². The third kappa shape index (κ3) is 6.50. The standard InChI is InChI=1S/C50H64B2N4/c1-10-37-23-19-24-38(11-2)46(37)53-33-34-56(49-43(16-7)29-22-30-44(49)17-8)52(18-9)36-51(35-45(52)53)50-54(47-39(12-3)25-20-26-40(47)13-4)31-32-55(50)48-41(14-5)27-21-28-42(48)15-6/h9,19-30,35H,10-17,31-34,36H2,1-8H3/t52-/m0/s1. The number of rotatable bonds is 13. The Kier molecular flexibility index (Phi) is 11.9. The van der Waals surface area contributed by atoms with E-state index >= 15 is 0 Å². The molecule has 0 radical (unpaired) electrons. The van der Waals surface area contributed by atoms with Gasteiger partial charge in [-0.3, -0.25) is 5.82 Å². The van der Waals surface area contributed by atoms with Crippen molar-refractivity contribution in [2.75, 3.05) is 40.8 Å². The van der Waals surface area contributed by atoms with Gasteiger partial charge in [-0.15, -0.1) is 17.8 Å². The van der Waals surface area contributed by atoms with Crippen LogP contribution in [0.1, 0.15) is 99.9 Å². The van der Waals surface area contributed by atoms with Gasteiger partial charge in [-0.25, -0.2) is 9.48 Å². The molecule has 290 valence electrons. The molecule has 0 spiro atoms. The normalized spacial score (nSPS) is 18.2. The zero-order valence-corrected chi connectivity index (χ0v) is 35.7. The van der Waals surface area contributed by atoms with E-state index in [4.69, 9.17) is 6.42 Å². The van der Waals surface area contributed by atoms with Crippen molar-refractivity contribution in [3.05, 3.63) is 129 Å². The summed E-state index contributed by atoms with van der Waals surface area (Å²) < 4.78 is 2.74. The van der Waals surface area contributed by atoms with Crippen molar-refractivity contribution in [1.82, 2.24) is 0 Å². The lowest BCUT2D eigenvalue weighted by Gasteiger charge is -2.58. The van der Waals surface area contributed by atoms with Crippen LogP contribution in [0.15, 0.2) is 84.4 Å². The summed E-state index contributed by atoms with van der Waals surface area (Å²) >= 11 is 0. The largest absolute Gasteiger partial charge is 0.529 e. The highest BCUT2D eigenvalue weighted by Gasteiger charge is 2.53. The van der Waals surface area contributed by atoms with Crippen molar-refractivity contribution in [1.29, 1.82) is 0 Å². The summed E-state index contributed by atoms with van der Waals surface area (Å²) in [5.41, 5.74) is 19.7. The Morgan fingerprint density at radius 3 is 1.39 bits per heavy atom. The van der Waals surface area contributed by atoms with Gasteiger partial charge >= 0.3 is 0 Å². The van der Waals surface area contributed by atoms with E-state index in [2.05, 4.69) is 159 Å². The van der Waals surface area contributed by atoms with E-state index in [1.165, 1.54) is 78.6 Å². The number of hydrogen-bond acceptors (Lipinski definition) is 3. The second-order valence-corrected chi connectivity index (χ2v) is 16.1. The van der Waals surface area contributed by atoms with Crippen molar-refractivity contribution in [2.24, 2.45) is 0 Å². The minimum absolute atomic E-state index is 0.133. The fourth-order valence-corrected chi connectivity index (χ4v) is 10.8. The molecule has 3 heterocycles. The zero-order valence-electron chi connectivity index (χ0n) is 35.7. The maximum absolute atomic E-state index is 7.14. The minimum Gasteiger partial charge on any atom is -0.529 e. The smallest absolute Gasteiger partial charge is 0.275 e. The number of terminal acetylenes is 1. The van der Waals surface area contributed by atoms with Crippen molar-refractivity contribution in [3.8, 4) is 12.2 Å². The van der Waals surface area contributed by atoms with Gasteiger partial charge in [0.25, 0.3) is 6.71 Å². The average molecular weight is 743 g/mol. The molecule has 0 aliphatic carbocycles. The summed E-state index contributed by atoms with van der Waals surface area (Å²) in [6, 6.07) is 27.8. The fraction of sp³-hybridized carbons (Fsp3) is 0.420. The third-order valence-corrected chi connectivity index (χ3v) is 13.5. The number of hydrogen-bond donors (Lipinski definition) is 0. The zero-order chi connectivity index (χ0) is 39.6. The molecule has 0 amide bonds. The highest BCUT2D eigenvalue weighted by Crippen LogP contribution is 2.47. The van der Waals surface area contributed by atoms with Gasteiger partial charge in [-0.2, -0.15) is 6.42 Å². The maximum atomic E-state index is 7.14. The third-order valence-electron chi connectivity index (χ3n) is 13.5. The first-order chi connectivity index (χ1) is 27.4. The molecule has 4 aromatic rings. The SMILES string of the molecule is C#C[B@-]12CB(C3=[N+](c4c(CC)cccc4CC)CCN3c3c(CC)cccc3CC)C=C1N(c1c(CC)cccc1CC)CCN2c1c(CC)cccc1CC. The van der Waals surface area contributed by atoms with Crippen LogP contribution in [0.4, 0.5) is 22.7 Å². The van der Waals surface area contributed by atoms with Crippen molar-refractivity contribution in [3.63, 3.8) is 0 Å². The van der Waals surface area contributed by atoms with Gasteiger partial charge in [-0.1, -0.05) is 128 Å². The highest BCUT2D eigenvalue weighted by atomic mass is 15.3. The van der Waals surface area contributed by atoms with Crippen LogP contribution in [0, 0.1) is 12.2 Å². The molecule has 3 aliphatic heterocycles. The minimum atomic E-state index is -1.61. The molecule has 0 aromatic heterocycles. The second-order valence-electron chi connectivity index (χ2n) is 16.1. The lowest BCUT2D eigenvalue weighted by molar-refractivity contribution is -0.427. The molecule has 0 unspecified atom stereocenters. The molecule has 4 aromatic carbocycles. The maximum Gasteiger partial charge on any atom is 0.275 e. The molecule has 0 N–H and O–H groups in total. The molecule has 1 saturated heterocycles. The summed E-state index contributed by atoms with van der Waals surface area (Å²) in [6.07, 6.45) is 14.4. The lowest BCUT2D eigenvalue weighted by atomic mass is 9.23. The van der Waals surface area contributed by atoms with Gasteiger partial charge in [-0.05, 0) is 102 Å². The second kappa shape index (κ2) is 16.9. The van der Waals surface area contributed by atoms with Gasteiger partial charge in [0.05, 0.1) is 0 Å². The Labute approximate surface area is 339 Å². The van der Waals surface area contributed by atoms with Crippen molar-refractivity contribution >= 4 is 41.5 Å². The quantitative estimate of drug-likeness (QED) is 0.0769. The Bertz CT molecular complexity index is 2100. The van der Waals surface area contributed by atoms with E-state index < -0.39 is 6.28 Å². The Hall–Kier alpha value is -4.62. The van der Waals surface area contributed by atoms with Crippen LogP contribution in [0.5, 0.6) is 0 Å². The monoisotopic (exact) mass is 743 g/mol. The number of nitrogens with zero attached hydrogens (tertiary/aromatic N) is 4. The van der Waals surface area contributed by atoms with E-state index in [-0.39, 0.29) is 6.71 Å². The predicted octanol–water partition coefficient (Wildman–Crippen LogP) is 10.4. The van der Waals surface area contributed by atoms with E-state index in [0.29, 0.717) is 0 Å². The van der Waals surface area contributed by atoms with Crippen molar-refractivity contribution in [2.45, 2.75) is 113 Å². The van der Waals surface area contributed by atoms with Crippen LogP contribution >= 0.6 is 0 Å². The highest BCUT2D eigenvalue weighted by molar-refractivity contribution is 7.15. The summed E-state index contributed by atoms with van der Waals surface area (Å²) in [4.78, 5) is 8.19. The molecule has 6 heteroatoms. The Balaban J connectivity index is 1.54. The predicted molar refractivity (Wildman–Crippen MR) is 246 cm³/mol. The first-order valence-corrected chi connectivity index (χ1v) is 22.1. The molecular formula is C50H64B2N4. The summed E-state index contributed by atoms with van der Waals surface area (Å²) in [5, 5.41) is 0. The number of aryl methyl sites for hydroxylation is 8. The van der Waals surface area contributed by atoms with E-state index in [9.17, 15) is 0 Å². The number of para-hydroxylation sites is 4. The number of fused-ring (bicyclic) bond motifs is 1. The molecular weight excluding hydrogens is 678 g/mol. The Morgan fingerprint density at radius 1 is 0.554 bits per heavy atom. The first-order valence-electron chi connectivity index (χ1n) is 22.1. The van der Waals surface area contributed by atoms with Crippen molar-refractivity contribution < 1.29 is 4.58 Å². The van der Waals surface area contributed by atoms with Crippen LogP contribution in [0.3, 0.4) is 0 Å². The molecule has 0 saturated carbocycles. The molecule has 1 atom stereocenters. The van der Waals surface area contributed by atoms with Crippen LogP contribution in [-0.4, -0.2) is 49.5 Å². The summed E-state index contributed by atoms with van der Waals surface area (Å²) in [6.45, 7) is 22.4.